The van der Waals surface area contributed by atoms with Crippen LogP contribution in [0.15, 0.2) is 77.8 Å². The van der Waals surface area contributed by atoms with Crippen molar-refractivity contribution in [3.8, 4) is 0 Å². The number of carbonyl (C=O) groups is 4. The fourth-order valence-electron chi connectivity index (χ4n) is 4.11. The number of hydrogen-bond acceptors (Lipinski definition) is 5. The number of benzene rings is 3. The molecular weight excluding hydrogens is 678 g/mol. The Morgan fingerprint density at radius 1 is 0.750 bits per heavy atom. The second kappa shape index (κ2) is 19.0. The Balaban J connectivity index is 0.00000103. The summed E-state index contributed by atoms with van der Waals surface area (Å²) in [4.78, 5) is 50.8. The first-order chi connectivity index (χ1) is 22.6. The Morgan fingerprint density at radius 2 is 1.19 bits per heavy atom. The lowest BCUT2D eigenvalue weighted by molar-refractivity contribution is -0.192. The molecule has 0 heterocycles. The Hall–Kier alpha value is -5.02. The molecule has 0 spiro atoms. The van der Waals surface area contributed by atoms with Gasteiger partial charge < -0.3 is 38.3 Å². The van der Waals surface area contributed by atoms with Gasteiger partial charge in [0.2, 0.25) is 11.8 Å². The van der Waals surface area contributed by atoms with Gasteiger partial charge in [-0.3, -0.25) is 14.6 Å². The zero-order valence-corrected chi connectivity index (χ0v) is 26.8. The lowest BCUT2D eigenvalue weighted by Crippen LogP contribution is -2.48. The molecule has 4 amide bonds. The van der Waals surface area contributed by atoms with Crippen molar-refractivity contribution >= 4 is 53.0 Å². The molecule has 0 bridgehead atoms. The third kappa shape index (κ3) is 14.2. The number of carboxylic acids is 1. The van der Waals surface area contributed by atoms with Crippen molar-refractivity contribution < 1.29 is 37.5 Å². The zero-order valence-electron chi connectivity index (χ0n) is 25.3. The highest BCUT2D eigenvalue weighted by molar-refractivity contribution is 6.30. The van der Waals surface area contributed by atoms with Crippen LogP contribution in [0.4, 0.5) is 18.0 Å². The highest BCUT2D eigenvalue weighted by atomic mass is 35.5. The van der Waals surface area contributed by atoms with Crippen LogP contribution >= 0.6 is 23.2 Å². The lowest BCUT2D eigenvalue weighted by atomic mass is 9.90. The predicted molar refractivity (Wildman–Crippen MR) is 175 cm³/mol. The first-order valence-corrected chi connectivity index (χ1v) is 14.9. The molecule has 0 aliphatic rings. The molecule has 258 valence electrons. The summed E-state index contributed by atoms with van der Waals surface area (Å²) in [7, 11) is 0. The quantitative estimate of drug-likeness (QED) is 0.0790. The molecule has 3 aromatic carbocycles. The second-order valence-electron chi connectivity index (χ2n) is 10.1. The van der Waals surface area contributed by atoms with Gasteiger partial charge in [0, 0.05) is 29.7 Å². The van der Waals surface area contributed by atoms with Crippen LogP contribution in [0, 0.1) is 0 Å². The monoisotopic (exact) mass is 711 g/mol. The maximum atomic E-state index is 13.7. The number of guanidine groups is 1. The van der Waals surface area contributed by atoms with Crippen LogP contribution in [0.5, 0.6) is 0 Å². The summed E-state index contributed by atoms with van der Waals surface area (Å²) < 4.78 is 31.7. The van der Waals surface area contributed by atoms with Crippen LogP contribution in [0.1, 0.15) is 41.0 Å². The van der Waals surface area contributed by atoms with Crippen molar-refractivity contribution in [2.45, 2.75) is 44.1 Å². The van der Waals surface area contributed by atoms with E-state index in [1.54, 1.807) is 48.5 Å². The van der Waals surface area contributed by atoms with Crippen molar-refractivity contribution in [3.05, 3.63) is 105 Å². The Kier molecular flexibility index (Phi) is 15.5. The molecule has 0 fully saturated rings. The van der Waals surface area contributed by atoms with E-state index in [0.29, 0.717) is 47.1 Å². The average Bonchev–Trinajstić information content (AvgIpc) is 3.02. The number of nitrogens with two attached hydrogens (primary N) is 3. The van der Waals surface area contributed by atoms with Crippen molar-refractivity contribution in [1.29, 1.82) is 0 Å². The molecule has 0 aromatic heterocycles. The summed E-state index contributed by atoms with van der Waals surface area (Å²) in [6, 6.07) is 19.8. The first kappa shape index (κ1) is 39.2. The summed E-state index contributed by atoms with van der Waals surface area (Å²) >= 11 is 12.2. The SMILES string of the molecule is NC(=O)NCc1ccc(CNC(=O)[C@@H](CCCN=C(N)N)NC(=O)C(c2ccc(Cl)cc2)c2ccc(Cl)cc2)cc1.O=C(O)C(F)(F)F. The van der Waals surface area contributed by atoms with E-state index in [2.05, 4.69) is 20.9 Å². The largest absolute Gasteiger partial charge is 0.490 e. The van der Waals surface area contributed by atoms with E-state index < -0.39 is 30.1 Å². The molecule has 3 aromatic rings. The minimum atomic E-state index is -5.08. The molecular formula is C31H34Cl2F3N7O5. The van der Waals surface area contributed by atoms with Crippen LogP contribution in [0.2, 0.25) is 10.0 Å². The summed E-state index contributed by atoms with van der Waals surface area (Å²) in [5.41, 5.74) is 19.1. The number of aliphatic carboxylic acids is 1. The summed E-state index contributed by atoms with van der Waals surface area (Å²) in [5.74, 6) is -4.22. The highest BCUT2D eigenvalue weighted by Gasteiger charge is 2.38. The van der Waals surface area contributed by atoms with Gasteiger partial charge in [0.15, 0.2) is 5.96 Å². The number of alkyl halides is 3. The maximum absolute atomic E-state index is 13.7. The molecule has 0 aliphatic heterocycles. The molecule has 0 saturated carbocycles. The van der Waals surface area contributed by atoms with E-state index in [1.807, 2.05) is 24.3 Å². The summed E-state index contributed by atoms with van der Waals surface area (Å²) in [5, 5.41) is 16.5. The highest BCUT2D eigenvalue weighted by Crippen LogP contribution is 2.28. The maximum Gasteiger partial charge on any atom is 0.490 e. The first-order valence-electron chi connectivity index (χ1n) is 14.1. The number of halogens is 5. The standard InChI is InChI=1S/C29H33Cl2N7O3.C2HF3O2/c30-22-11-7-20(8-12-22)25(21-9-13-23(31)14-10-21)27(40)38-24(2-1-15-35-28(32)33)26(39)36-16-18-3-5-19(6-4-18)17-37-29(34)41;3-2(4,5)1(6)7/h3-14,24-25H,1-2,15-17H2,(H,36,39)(H,38,40)(H4,32,33,35)(H3,34,37,41);(H,6,7)/t24-;/m1./s1. The fraction of sp³-hybridized carbons (Fsp3) is 0.258. The molecule has 0 aliphatic carbocycles. The number of amides is 4. The zero-order chi connectivity index (χ0) is 35.9. The van der Waals surface area contributed by atoms with Gasteiger partial charge in [-0.1, -0.05) is 71.7 Å². The third-order valence-electron chi connectivity index (χ3n) is 6.45. The number of carboxylic acid groups (broad SMARTS) is 1. The van der Waals surface area contributed by atoms with Crippen molar-refractivity contribution in [2.75, 3.05) is 6.54 Å². The molecule has 0 radical (unpaired) electrons. The number of rotatable bonds is 13. The van der Waals surface area contributed by atoms with Gasteiger partial charge in [-0.05, 0) is 59.4 Å². The van der Waals surface area contributed by atoms with Crippen LogP contribution in [0.3, 0.4) is 0 Å². The van der Waals surface area contributed by atoms with Gasteiger partial charge in [-0.15, -0.1) is 0 Å². The van der Waals surface area contributed by atoms with Gasteiger partial charge >= 0.3 is 18.2 Å². The van der Waals surface area contributed by atoms with Gasteiger partial charge in [-0.2, -0.15) is 13.2 Å². The van der Waals surface area contributed by atoms with Gasteiger partial charge in [0.1, 0.15) is 6.04 Å². The molecule has 48 heavy (non-hydrogen) atoms. The minimum Gasteiger partial charge on any atom is -0.475 e. The summed E-state index contributed by atoms with van der Waals surface area (Å²) in [6.07, 6.45) is -4.32. The number of nitrogens with one attached hydrogen (secondary N) is 3. The number of urea groups is 1. The molecule has 1 atom stereocenters. The van der Waals surface area contributed by atoms with Crippen molar-refractivity contribution in [3.63, 3.8) is 0 Å². The van der Waals surface area contributed by atoms with E-state index in [1.165, 1.54) is 0 Å². The van der Waals surface area contributed by atoms with E-state index in [9.17, 15) is 27.6 Å². The van der Waals surface area contributed by atoms with Crippen LogP contribution in [0.25, 0.3) is 0 Å². The number of carbonyl (C=O) groups excluding carboxylic acids is 3. The molecule has 17 heteroatoms. The molecule has 0 saturated heterocycles. The van der Waals surface area contributed by atoms with E-state index in [4.69, 9.17) is 50.3 Å². The second-order valence-corrected chi connectivity index (χ2v) is 11.0. The number of hydrogen-bond donors (Lipinski definition) is 7. The minimum absolute atomic E-state index is 0.0462. The molecule has 3 rings (SSSR count). The number of aliphatic imine (C=N–C) groups is 1. The Morgan fingerprint density at radius 3 is 1.58 bits per heavy atom. The normalized spacial score (nSPS) is 11.4. The predicted octanol–water partition coefficient (Wildman–Crippen LogP) is 3.78. The van der Waals surface area contributed by atoms with E-state index in [0.717, 1.165) is 11.1 Å². The molecule has 0 unspecified atom stereocenters. The van der Waals surface area contributed by atoms with Gasteiger partial charge in [0.05, 0.1) is 5.92 Å². The number of primary amides is 1. The van der Waals surface area contributed by atoms with Crippen LogP contribution in [-0.4, -0.2) is 53.6 Å². The number of nitrogens with zero attached hydrogens (tertiary/aromatic N) is 1. The Bertz CT molecular complexity index is 1510. The third-order valence-corrected chi connectivity index (χ3v) is 6.95. The molecule has 10 N–H and O–H groups in total. The van der Waals surface area contributed by atoms with E-state index >= 15 is 0 Å². The summed E-state index contributed by atoms with van der Waals surface area (Å²) in [6.45, 7) is 0.843. The van der Waals surface area contributed by atoms with Crippen molar-refractivity contribution in [2.24, 2.45) is 22.2 Å². The molecule has 12 nitrogen and oxygen atoms in total. The van der Waals surface area contributed by atoms with Crippen molar-refractivity contribution in [1.82, 2.24) is 16.0 Å². The topological polar surface area (TPSA) is 215 Å². The van der Waals surface area contributed by atoms with Gasteiger partial charge in [0.25, 0.3) is 0 Å². The average molecular weight is 713 g/mol. The Labute approximate surface area is 283 Å². The van der Waals surface area contributed by atoms with E-state index in [-0.39, 0.29) is 24.3 Å². The fourth-order valence-corrected chi connectivity index (χ4v) is 4.36. The van der Waals surface area contributed by atoms with Crippen LogP contribution < -0.4 is 33.2 Å². The van der Waals surface area contributed by atoms with Gasteiger partial charge in [-0.25, -0.2) is 9.59 Å². The smallest absolute Gasteiger partial charge is 0.475 e. The lowest BCUT2D eigenvalue weighted by Gasteiger charge is -2.23. The van der Waals surface area contributed by atoms with Crippen LogP contribution in [-0.2, 0) is 27.5 Å².